The molecule has 2 aromatic rings. The van der Waals surface area contributed by atoms with E-state index in [-0.39, 0.29) is 10.8 Å². The normalized spacial score (nSPS) is 14.8. The van der Waals surface area contributed by atoms with E-state index in [9.17, 15) is 0 Å². The molecule has 1 aliphatic rings. The van der Waals surface area contributed by atoms with Crippen molar-refractivity contribution in [2.24, 2.45) is 0 Å². The molecule has 26 heavy (non-hydrogen) atoms. The van der Waals surface area contributed by atoms with E-state index in [1.807, 2.05) is 6.08 Å². The fraction of sp³-hybridized carbons (Fsp3) is 0.348. The number of carbonyl (C=O) groups excluding carboxylic acids is 1. The van der Waals surface area contributed by atoms with Gasteiger partial charge in [0, 0.05) is 5.56 Å². The maximum absolute atomic E-state index is 5.82. The Morgan fingerprint density at radius 1 is 0.692 bits per heavy atom. The molecule has 0 unspecified atom stereocenters. The lowest BCUT2D eigenvalue weighted by Gasteiger charge is -2.21. The Balaban J connectivity index is 1.85. The zero-order chi connectivity index (χ0) is 18.9. The molecular formula is C23H28O2Si. The molecule has 0 saturated heterocycles. The molecule has 0 spiro atoms. The molecule has 136 valence electrons. The van der Waals surface area contributed by atoms with E-state index in [2.05, 4.69) is 90.1 Å². The van der Waals surface area contributed by atoms with Crippen molar-refractivity contribution in [2.75, 3.05) is 0 Å². The fourth-order valence-corrected chi connectivity index (χ4v) is 3.55. The maximum Gasteiger partial charge on any atom is 0.440 e. The largest absolute Gasteiger partial charge is 0.618 e. The summed E-state index contributed by atoms with van der Waals surface area (Å²) in [7, 11) is -0.536. The van der Waals surface area contributed by atoms with Crippen molar-refractivity contribution in [1.82, 2.24) is 0 Å². The summed E-state index contributed by atoms with van der Waals surface area (Å²) < 4.78 is 11.6. The second-order valence-electron chi connectivity index (χ2n) is 8.86. The molecule has 2 nitrogen and oxygen atoms in total. The molecule has 0 aliphatic carbocycles. The molecule has 0 atom stereocenters. The van der Waals surface area contributed by atoms with Crippen molar-refractivity contribution < 1.29 is 8.54 Å². The molecule has 0 N–H and O–H groups in total. The van der Waals surface area contributed by atoms with E-state index in [4.69, 9.17) is 8.54 Å². The number of benzene rings is 2. The zero-order valence-electron chi connectivity index (χ0n) is 16.6. The highest BCUT2D eigenvalue weighted by molar-refractivity contribution is 6.25. The monoisotopic (exact) mass is 364 g/mol. The van der Waals surface area contributed by atoms with E-state index >= 15 is 0 Å². The average molecular weight is 365 g/mol. The van der Waals surface area contributed by atoms with Crippen LogP contribution in [0.15, 0.2) is 54.6 Å². The average Bonchev–Trinajstić information content (AvgIpc) is 2.61. The van der Waals surface area contributed by atoms with E-state index in [0.29, 0.717) is 0 Å². The highest BCUT2D eigenvalue weighted by Gasteiger charge is 2.19. The van der Waals surface area contributed by atoms with Crippen LogP contribution >= 0.6 is 0 Å². The minimum absolute atomic E-state index is 0.154. The molecule has 1 aliphatic heterocycles. The molecule has 1 heterocycles. The van der Waals surface area contributed by atoms with Gasteiger partial charge in [0.1, 0.15) is 0 Å². The Hall–Kier alpha value is -2.13. The summed E-state index contributed by atoms with van der Waals surface area (Å²) >= 11 is 0. The lowest BCUT2D eigenvalue weighted by atomic mass is 9.86. The van der Waals surface area contributed by atoms with Gasteiger partial charge in [0.15, 0.2) is 0 Å². The Labute approximate surface area is 159 Å². The van der Waals surface area contributed by atoms with Gasteiger partial charge in [-0.05, 0) is 34.1 Å². The van der Waals surface area contributed by atoms with Gasteiger partial charge in [-0.1, -0.05) is 77.9 Å². The van der Waals surface area contributed by atoms with Crippen LogP contribution in [0, 0.1) is 0 Å². The molecule has 0 radical (unpaired) electrons. The molecular weight excluding hydrogens is 336 g/mol. The van der Waals surface area contributed by atoms with E-state index in [1.54, 1.807) is 0 Å². The van der Waals surface area contributed by atoms with E-state index in [0.717, 1.165) is 22.7 Å². The molecule has 0 bridgehead atoms. The summed E-state index contributed by atoms with van der Waals surface area (Å²) in [6.45, 7) is 13.4. The van der Waals surface area contributed by atoms with Crippen LogP contribution in [-0.2, 0) is 15.3 Å². The molecule has 0 fully saturated rings. The summed E-state index contributed by atoms with van der Waals surface area (Å²) in [5, 5.41) is 0. The summed E-state index contributed by atoms with van der Waals surface area (Å²) in [4.78, 5) is 0. The second-order valence-corrected chi connectivity index (χ2v) is 9.52. The molecule has 3 rings (SSSR count). The van der Waals surface area contributed by atoms with Gasteiger partial charge in [-0.15, -0.1) is 0 Å². The third-order valence-electron chi connectivity index (χ3n) is 4.68. The number of hydrogen-bond donors (Lipinski definition) is 0. The van der Waals surface area contributed by atoms with Crippen molar-refractivity contribution in [3.05, 3.63) is 76.9 Å². The number of ketones is 1. The van der Waals surface area contributed by atoms with E-state index in [1.165, 1.54) is 11.1 Å². The summed E-state index contributed by atoms with van der Waals surface area (Å²) in [5.41, 5.74) is 5.14. The zero-order valence-corrected chi connectivity index (χ0v) is 17.7. The van der Waals surface area contributed by atoms with Crippen LogP contribution in [0.25, 0.3) is 5.76 Å². The first kappa shape index (κ1) is 18.7. The summed E-state index contributed by atoms with van der Waals surface area (Å²) in [6.07, 6.45) is 2.01. The van der Waals surface area contributed by atoms with Crippen LogP contribution in [0.2, 0.25) is 0 Å². The summed E-state index contributed by atoms with van der Waals surface area (Å²) in [5.74, 6) is 1.78. The Morgan fingerprint density at radius 2 is 1.15 bits per heavy atom. The van der Waals surface area contributed by atoms with Gasteiger partial charge in [0.25, 0.3) is 5.78 Å². The van der Waals surface area contributed by atoms with Gasteiger partial charge in [0.2, 0.25) is 0 Å². The SMILES string of the molecule is CC(C)(C)c1ccc(C2=CC(c3ccc(C(C)(C)C)cc3)=[O+][SiH-]O2)cc1. The fourth-order valence-electron chi connectivity index (χ4n) is 2.89. The van der Waals surface area contributed by atoms with Crippen molar-refractivity contribution in [1.29, 1.82) is 0 Å². The minimum Gasteiger partial charge on any atom is -0.618 e. The highest BCUT2D eigenvalue weighted by atomic mass is 28.2. The predicted molar refractivity (Wildman–Crippen MR) is 111 cm³/mol. The van der Waals surface area contributed by atoms with Gasteiger partial charge in [-0.25, -0.2) is 0 Å². The second kappa shape index (κ2) is 6.88. The van der Waals surface area contributed by atoms with Gasteiger partial charge in [0.05, 0.1) is 17.4 Å². The lowest BCUT2D eigenvalue weighted by Crippen LogP contribution is -2.14. The quantitative estimate of drug-likeness (QED) is 0.520. The topological polar surface area (TPSA) is 20.5 Å². The van der Waals surface area contributed by atoms with Crippen LogP contribution in [0.1, 0.15) is 67.9 Å². The van der Waals surface area contributed by atoms with Crippen molar-refractivity contribution in [2.45, 2.75) is 52.4 Å². The van der Waals surface area contributed by atoms with Crippen molar-refractivity contribution in [3.8, 4) is 0 Å². The first-order valence-corrected chi connectivity index (χ1v) is 10.0. The lowest BCUT2D eigenvalue weighted by molar-refractivity contribution is -0.101. The van der Waals surface area contributed by atoms with Crippen molar-refractivity contribution >= 4 is 21.5 Å². The molecule has 0 amide bonds. The van der Waals surface area contributed by atoms with Crippen LogP contribution in [0.3, 0.4) is 0 Å². The van der Waals surface area contributed by atoms with Gasteiger partial charge < -0.3 is 8.54 Å². The van der Waals surface area contributed by atoms with Gasteiger partial charge >= 0.3 is 10.0 Å². The molecule has 2 aromatic carbocycles. The third-order valence-corrected chi connectivity index (χ3v) is 5.38. The first-order chi connectivity index (χ1) is 12.1. The highest BCUT2D eigenvalue weighted by Crippen LogP contribution is 2.27. The number of allylic oxidation sites excluding steroid dienone is 1. The summed E-state index contributed by atoms with van der Waals surface area (Å²) in [6, 6.07) is 17.3. The van der Waals surface area contributed by atoms with Gasteiger partial charge in [-0.2, -0.15) is 0 Å². The van der Waals surface area contributed by atoms with Crippen LogP contribution < -0.4 is 0 Å². The smallest absolute Gasteiger partial charge is 0.440 e. The third kappa shape index (κ3) is 4.16. The molecule has 0 saturated carbocycles. The maximum atomic E-state index is 5.82. The Kier molecular flexibility index (Phi) is 4.94. The Morgan fingerprint density at radius 3 is 1.62 bits per heavy atom. The molecule has 3 heteroatoms. The standard InChI is InChI=1S/C23H28O2Si/c1-22(2,3)18-11-7-16(8-12-18)20-15-21(25-26-24-20)17-9-13-19(14-10-17)23(4,5)6/h7-15,26H,1-6H3. The minimum atomic E-state index is -0.536. The van der Waals surface area contributed by atoms with Crippen LogP contribution in [0.5, 0.6) is 0 Å². The van der Waals surface area contributed by atoms with Crippen LogP contribution in [-0.4, -0.2) is 15.8 Å². The number of hydrogen-bond acceptors (Lipinski definition) is 1. The first-order valence-electron chi connectivity index (χ1n) is 9.10. The molecule has 0 aromatic heterocycles. The van der Waals surface area contributed by atoms with E-state index < -0.39 is 10.0 Å². The Bertz CT molecular complexity index is 830. The van der Waals surface area contributed by atoms with Crippen LogP contribution in [0.4, 0.5) is 0 Å². The number of rotatable bonds is 2. The van der Waals surface area contributed by atoms with Crippen molar-refractivity contribution in [3.63, 3.8) is 0 Å². The van der Waals surface area contributed by atoms with Gasteiger partial charge in [-0.3, -0.25) is 0 Å². The predicted octanol–water partition coefficient (Wildman–Crippen LogP) is 5.34.